The van der Waals surface area contributed by atoms with Crippen LogP contribution in [0.15, 0.2) is 30.3 Å². The summed E-state index contributed by atoms with van der Waals surface area (Å²) in [6.07, 6.45) is -3.69. The van der Waals surface area contributed by atoms with E-state index in [0.29, 0.717) is 0 Å². The summed E-state index contributed by atoms with van der Waals surface area (Å²) in [5.74, 6) is -5.99. The van der Waals surface area contributed by atoms with E-state index in [2.05, 4.69) is 0 Å². The van der Waals surface area contributed by atoms with Gasteiger partial charge >= 0.3 is 5.92 Å². The van der Waals surface area contributed by atoms with Crippen molar-refractivity contribution in [3.8, 4) is 0 Å². The lowest BCUT2D eigenvalue weighted by Crippen LogP contribution is -2.39. The highest BCUT2D eigenvalue weighted by atomic mass is 19.3. The van der Waals surface area contributed by atoms with Crippen LogP contribution >= 0.6 is 0 Å². The Morgan fingerprint density at radius 3 is 2.27 bits per heavy atom. The molecule has 0 aromatic heterocycles. The first kappa shape index (κ1) is 11.4. The molecule has 0 heterocycles. The van der Waals surface area contributed by atoms with E-state index in [-0.39, 0.29) is 5.56 Å². The van der Waals surface area contributed by atoms with Crippen molar-refractivity contribution in [2.45, 2.75) is 12.1 Å². The minimum absolute atomic E-state index is 0.327. The van der Waals surface area contributed by atoms with Crippen LogP contribution in [-0.4, -0.2) is 24.2 Å². The van der Waals surface area contributed by atoms with Gasteiger partial charge in [0.25, 0.3) is 0 Å². The number of benzene rings is 1. The summed E-state index contributed by atoms with van der Waals surface area (Å²) in [6.45, 7) is 0. The Bertz CT molecular complexity index is 362. The van der Waals surface area contributed by atoms with Gasteiger partial charge in [-0.2, -0.15) is 8.78 Å². The van der Waals surface area contributed by atoms with Gasteiger partial charge in [0.15, 0.2) is 6.29 Å². The van der Waals surface area contributed by atoms with Crippen molar-refractivity contribution in [1.29, 1.82) is 0 Å². The smallest absolute Gasteiger partial charge is 0.300 e. The van der Waals surface area contributed by atoms with Crippen LogP contribution in [0.3, 0.4) is 0 Å². The Hall–Kier alpha value is -1.65. The maximum absolute atomic E-state index is 12.9. The molecule has 1 atom stereocenters. The van der Waals surface area contributed by atoms with E-state index in [0.717, 1.165) is 12.1 Å². The lowest BCUT2D eigenvalue weighted by Gasteiger charge is -2.14. The first-order valence-electron chi connectivity index (χ1n) is 4.07. The van der Waals surface area contributed by atoms with Gasteiger partial charge in [0.2, 0.25) is 12.0 Å². The zero-order valence-electron chi connectivity index (χ0n) is 7.49. The van der Waals surface area contributed by atoms with Crippen molar-refractivity contribution in [2.75, 3.05) is 0 Å². The van der Waals surface area contributed by atoms with E-state index in [1.165, 1.54) is 18.2 Å². The van der Waals surface area contributed by atoms with Crippen LogP contribution in [0.1, 0.15) is 10.4 Å². The van der Waals surface area contributed by atoms with Crippen molar-refractivity contribution in [2.24, 2.45) is 0 Å². The van der Waals surface area contributed by atoms with E-state index in [1.807, 2.05) is 0 Å². The Labute approximate surface area is 83.7 Å². The van der Waals surface area contributed by atoms with Crippen molar-refractivity contribution in [3.63, 3.8) is 0 Å². The predicted octanol–water partition coefficient (Wildman–Crippen LogP) is 2.04. The number of aldehydes is 1. The number of carbonyl (C=O) groups is 2. The second-order valence-corrected chi connectivity index (χ2v) is 2.86. The molecule has 0 aliphatic rings. The molecule has 80 valence electrons. The van der Waals surface area contributed by atoms with Crippen molar-refractivity contribution >= 4 is 12.1 Å². The summed E-state index contributed by atoms with van der Waals surface area (Å²) >= 11 is 0. The lowest BCUT2D eigenvalue weighted by atomic mass is 10.0. The molecule has 0 aliphatic heterocycles. The van der Waals surface area contributed by atoms with Gasteiger partial charge in [-0.15, -0.1) is 0 Å². The molecule has 1 aromatic carbocycles. The first-order chi connectivity index (χ1) is 7.00. The van der Waals surface area contributed by atoms with Crippen LogP contribution in [0.5, 0.6) is 0 Å². The minimum atomic E-state index is -4.30. The lowest BCUT2D eigenvalue weighted by molar-refractivity contribution is -0.122. The van der Waals surface area contributed by atoms with Crippen LogP contribution in [-0.2, 0) is 4.79 Å². The number of hydrogen-bond donors (Lipinski definition) is 0. The molecule has 0 radical (unpaired) electrons. The Morgan fingerprint density at radius 2 is 1.80 bits per heavy atom. The molecule has 1 aromatic rings. The summed E-state index contributed by atoms with van der Waals surface area (Å²) < 4.78 is 38.4. The highest BCUT2D eigenvalue weighted by molar-refractivity contribution is 6.03. The molecular formula is C10H7F3O2. The van der Waals surface area contributed by atoms with Crippen LogP contribution in [0.25, 0.3) is 0 Å². The van der Waals surface area contributed by atoms with E-state index >= 15 is 0 Å². The van der Waals surface area contributed by atoms with E-state index < -0.39 is 24.2 Å². The summed E-state index contributed by atoms with van der Waals surface area (Å²) in [7, 11) is 0. The molecule has 1 unspecified atom stereocenters. The van der Waals surface area contributed by atoms with Crippen LogP contribution in [0.4, 0.5) is 13.2 Å². The molecule has 5 heteroatoms. The van der Waals surface area contributed by atoms with Crippen LogP contribution < -0.4 is 0 Å². The van der Waals surface area contributed by atoms with E-state index in [4.69, 9.17) is 0 Å². The fourth-order valence-corrected chi connectivity index (χ4v) is 0.993. The quantitative estimate of drug-likeness (QED) is 0.570. The topological polar surface area (TPSA) is 34.1 Å². The average Bonchev–Trinajstić information content (AvgIpc) is 2.28. The maximum atomic E-state index is 12.9. The fourth-order valence-electron chi connectivity index (χ4n) is 0.993. The van der Waals surface area contributed by atoms with Gasteiger partial charge in [-0.1, -0.05) is 30.3 Å². The third-order valence-electron chi connectivity index (χ3n) is 1.80. The Balaban J connectivity index is 2.99. The van der Waals surface area contributed by atoms with Crippen molar-refractivity contribution in [1.82, 2.24) is 0 Å². The summed E-state index contributed by atoms with van der Waals surface area (Å²) in [5.41, 5.74) is -0.327. The maximum Gasteiger partial charge on any atom is 0.346 e. The summed E-state index contributed by atoms with van der Waals surface area (Å²) in [6, 6.07) is 6.54. The Kier molecular flexibility index (Phi) is 3.24. The molecular weight excluding hydrogens is 209 g/mol. The van der Waals surface area contributed by atoms with E-state index in [1.54, 1.807) is 0 Å². The molecule has 0 aliphatic carbocycles. The first-order valence-corrected chi connectivity index (χ1v) is 4.07. The average molecular weight is 216 g/mol. The second kappa shape index (κ2) is 4.25. The van der Waals surface area contributed by atoms with Gasteiger partial charge in [-0.25, -0.2) is 4.39 Å². The third kappa shape index (κ3) is 2.23. The van der Waals surface area contributed by atoms with Gasteiger partial charge in [-0.05, 0) is 0 Å². The summed E-state index contributed by atoms with van der Waals surface area (Å²) in [5, 5.41) is 0. The monoisotopic (exact) mass is 216 g/mol. The fraction of sp³-hybridized carbons (Fsp3) is 0.200. The summed E-state index contributed by atoms with van der Waals surface area (Å²) in [4.78, 5) is 21.0. The van der Waals surface area contributed by atoms with Crippen molar-refractivity contribution < 1.29 is 22.8 Å². The number of ketones is 1. The van der Waals surface area contributed by atoms with Gasteiger partial charge in [0.1, 0.15) is 0 Å². The third-order valence-corrected chi connectivity index (χ3v) is 1.80. The van der Waals surface area contributed by atoms with E-state index in [9.17, 15) is 22.8 Å². The predicted molar refractivity (Wildman–Crippen MR) is 46.7 cm³/mol. The molecule has 0 saturated carbocycles. The standard InChI is InChI=1S/C10H7F3O2/c11-8(6-14)10(12,13)9(15)7-4-2-1-3-5-7/h1-6,8H. The molecule has 0 amide bonds. The molecule has 0 spiro atoms. The Morgan fingerprint density at radius 1 is 1.27 bits per heavy atom. The zero-order chi connectivity index (χ0) is 11.5. The number of hydrogen-bond acceptors (Lipinski definition) is 2. The number of halogens is 3. The molecule has 1 rings (SSSR count). The molecule has 0 bridgehead atoms. The normalized spacial score (nSPS) is 13.3. The number of carbonyl (C=O) groups excluding carboxylic acids is 2. The largest absolute Gasteiger partial charge is 0.346 e. The molecule has 2 nitrogen and oxygen atoms in total. The second-order valence-electron chi connectivity index (χ2n) is 2.86. The number of rotatable bonds is 4. The molecule has 15 heavy (non-hydrogen) atoms. The van der Waals surface area contributed by atoms with Crippen LogP contribution in [0.2, 0.25) is 0 Å². The minimum Gasteiger partial charge on any atom is -0.300 e. The van der Waals surface area contributed by atoms with Crippen molar-refractivity contribution in [3.05, 3.63) is 35.9 Å². The van der Waals surface area contributed by atoms with Gasteiger partial charge in [-0.3, -0.25) is 9.59 Å². The van der Waals surface area contributed by atoms with Gasteiger partial charge < -0.3 is 0 Å². The molecule has 0 saturated heterocycles. The highest BCUT2D eigenvalue weighted by Crippen LogP contribution is 2.25. The number of Topliss-reactive ketones (excluding diaryl/α,β-unsaturated/α-hetero) is 1. The highest BCUT2D eigenvalue weighted by Gasteiger charge is 2.48. The molecule has 0 N–H and O–H groups in total. The zero-order valence-corrected chi connectivity index (χ0v) is 7.49. The van der Waals surface area contributed by atoms with Gasteiger partial charge in [0, 0.05) is 5.56 Å². The number of alkyl halides is 3. The van der Waals surface area contributed by atoms with Gasteiger partial charge in [0.05, 0.1) is 0 Å². The van der Waals surface area contributed by atoms with Crippen LogP contribution in [0, 0.1) is 0 Å². The molecule has 0 fully saturated rings. The SMILES string of the molecule is O=CC(F)C(F)(F)C(=O)c1ccccc1.